The summed E-state index contributed by atoms with van der Waals surface area (Å²) in [4.78, 5) is 17.8. The van der Waals surface area contributed by atoms with Gasteiger partial charge in [-0.1, -0.05) is 24.3 Å². The van der Waals surface area contributed by atoms with Crippen molar-refractivity contribution in [2.24, 2.45) is 0 Å². The number of nitrogens with zero attached hydrogens (tertiary/aromatic N) is 3. The topological polar surface area (TPSA) is 133 Å². The van der Waals surface area contributed by atoms with E-state index in [4.69, 9.17) is 32.4 Å². The second-order valence-electron chi connectivity index (χ2n) is 10.3. The van der Waals surface area contributed by atoms with Crippen LogP contribution in [-0.4, -0.2) is 47.7 Å². The number of hydrogen-bond donors (Lipinski definition) is 0. The molecule has 14 heteroatoms. The molecule has 0 bridgehead atoms. The monoisotopic (exact) mass is 707 g/mol. The van der Waals surface area contributed by atoms with E-state index in [9.17, 15) is 9.36 Å². The molecule has 0 fully saturated rings. The van der Waals surface area contributed by atoms with Gasteiger partial charge in [0.05, 0.1) is 43.1 Å². The molecule has 5 aromatic rings. The summed E-state index contributed by atoms with van der Waals surface area (Å²) < 4.78 is 54.4. The molecule has 0 atom stereocenters. The summed E-state index contributed by atoms with van der Waals surface area (Å²) in [6.45, 7) is 8.17. The summed E-state index contributed by atoms with van der Waals surface area (Å²) in [6, 6.07) is 18.5. The number of methoxy groups -OCH3 is 1. The van der Waals surface area contributed by atoms with Gasteiger partial charge < -0.3 is 32.4 Å². The highest BCUT2D eigenvalue weighted by Gasteiger charge is 2.21. The van der Waals surface area contributed by atoms with Gasteiger partial charge in [-0.05, 0) is 75.7 Å². The Labute approximate surface area is 288 Å². The largest absolute Gasteiger partial charge is 0.493 e. The van der Waals surface area contributed by atoms with E-state index in [1.54, 1.807) is 63.0 Å². The fraction of sp³-hybridized carbons (Fsp3) is 0.286. The van der Waals surface area contributed by atoms with Crippen molar-refractivity contribution in [3.63, 3.8) is 0 Å². The van der Waals surface area contributed by atoms with Crippen molar-refractivity contribution in [1.82, 2.24) is 14.8 Å². The molecule has 0 saturated heterocycles. The molecule has 12 nitrogen and oxygen atoms in total. The number of para-hydroxylation sites is 1. The lowest BCUT2D eigenvalue weighted by atomic mass is 10.2. The molecule has 0 amide bonds. The van der Waals surface area contributed by atoms with Crippen LogP contribution in [0.5, 0.6) is 17.4 Å². The molecule has 258 valence electrons. The average molecular weight is 708 g/mol. The summed E-state index contributed by atoms with van der Waals surface area (Å²) >= 11 is 1.25. The maximum atomic E-state index is 13.1. The summed E-state index contributed by atoms with van der Waals surface area (Å²) in [5, 5.41) is 4.64. The van der Waals surface area contributed by atoms with Gasteiger partial charge in [-0.2, -0.15) is 0 Å². The van der Waals surface area contributed by atoms with Gasteiger partial charge in [0.15, 0.2) is 11.5 Å². The zero-order valence-electron chi connectivity index (χ0n) is 27.9. The number of thiophene rings is 1. The fourth-order valence-electron chi connectivity index (χ4n) is 4.62. The highest BCUT2D eigenvalue weighted by Crippen LogP contribution is 2.50. The number of carbonyl (C=O) groups is 1. The first-order chi connectivity index (χ1) is 23.7. The van der Waals surface area contributed by atoms with Crippen LogP contribution in [0.1, 0.15) is 53.0 Å². The Morgan fingerprint density at radius 2 is 1.73 bits per heavy atom. The number of aromatic nitrogens is 3. The van der Waals surface area contributed by atoms with Crippen LogP contribution in [0, 0.1) is 6.92 Å². The molecule has 0 aliphatic carbocycles. The summed E-state index contributed by atoms with van der Waals surface area (Å²) in [5.74, 6) is 3.39. The van der Waals surface area contributed by atoms with Crippen LogP contribution >= 0.6 is 18.9 Å². The molecule has 0 aliphatic rings. The van der Waals surface area contributed by atoms with Crippen molar-refractivity contribution in [1.29, 1.82) is 0 Å². The third-order valence-electron chi connectivity index (χ3n) is 6.94. The molecule has 2 aromatic carbocycles. The van der Waals surface area contributed by atoms with Crippen LogP contribution in [0.2, 0.25) is 0 Å². The van der Waals surface area contributed by atoms with E-state index in [-0.39, 0.29) is 32.4 Å². The first-order valence-electron chi connectivity index (χ1n) is 15.6. The molecule has 0 unspecified atom stereocenters. The summed E-state index contributed by atoms with van der Waals surface area (Å²) in [6.07, 6.45) is 3.43. The molecule has 0 saturated carbocycles. The minimum Gasteiger partial charge on any atom is -0.493 e. The van der Waals surface area contributed by atoms with E-state index in [2.05, 4.69) is 10.1 Å². The van der Waals surface area contributed by atoms with Crippen molar-refractivity contribution in [2.45, 2.75) is 40.9 Å². The summed E-state index contributed by atoms with van der Waals surface area (Å²) in [5.41, 5.74) is 2.85. The van der Waals surface area contributed by atoms with Crippen LogP contribution < -0.4 is 14.2 Å². The quantitative estimate of drug-likeness (QED) is 0.0681. The molecular formula is C35H38N3O9PS. The van der Waals surface area contributed by atoms with Crippen LogP contribution in [0.3, 0.4) is 0 Å². The van der Waals surface area contributed by atoms with E-state index in [0.717, 1.165) is 11.3 Å². The lowest BCUT2D eigenvalue weighted by molar-refractivity contribution is 0.0532. The Hall–Kier alpha value is -4.68. The fourth-order valence-corrected chi connectivity index (χ4v) is 6.75. The van der Waals surface area contributed by atoms with E-state index in [1.807, 2.05) is 49.4 Å². The predicted molar refractivity (Wildman–Crippen MR) is 186 cm³/mol. The second kappa shape index (κ2) is 16.6. The molecule has 0 radical (unpaired) electrons. The molecule has 5 rings (SSSR count). The van der Waals surface area contributed by atoms with Gasteiger partial charge in [0.1, 0.15) is 29.5 Å². The normalized spacial score (nSPS) is 11.6. The van der Waals surface area contributed by atoms with Crippen molar-refractivity contribution >= 4 is 31.0 Å². The van der Waals surface area contributed by atoms with Gasteiger partial charge in [0.2, 0.25) is 11.8 Å². The van der Waals surface area contributed by atoms with E-state index in [1.165, 1.54) is 17.2 Å². The maximum absolute atomic E-state index is 13.1. The lowest BCUT2D eigenvalue weighted by Gasteiger charge is -2.13. The van der Waals surface area contributed by atoms with Gasteiger partial charge in [-0.15, -0.1) is 16.4 Å². The van der Waals surface area contributed by atoms with Crippen LogP contribution in [-0.2, 0) is 31.6 Å². The Balaban J connectivity index is 1.29. The Kier molecular flexibility index (Phi) is 12.1. The zero-order chi connectivity index (χ0) is 34.8. The number of rotatable bonds is 17. The van der Waals surface area contributed by atoms with Gasteiger partial charge in [0, 0.05) is 12.0 Å². The lowest BCUT2D eigenvalue weighted by Crippen LogP contribution is -2.02. The average Bonchev–Trinajstić information content (AvgIpc) is 3.85. The number of oxazole rings is 1. The molecule has 0 spiro atoms. The van der Waals surface area contributed by atoms with Gasteiger partial charge in [0.25, 0.3) is 0 Å². The minimum absolute atomic E-state index is 0.137. The molecule has 0 N–H and O–H groups in total. The zero-order valence-corrected chi connectivity index (χ0v) is 29.6. The number of benzene rings is 2. The number of aryl methyl sites for hydroxylation is 1. The predicted octanol–water partition coefficient (Wildman–Crippen LogP) is 8.48. The number of hydrogen-bond acceptors (Lipinski definition) is 12. The second-order valence-corrected chi connectivity index (χ2v) is 13.3. The molecule has 3 heterocycles. The maximum Gasteiger partial charge on any atom is 0.354 e. The molecule has 0 aliphatic heterocycles. The molecular weight excluding hydrogens is 669 g/mol. The SMILES string of the molecule is CCOC(=O)c1ccc(-c2nc(COc3ccc(COc4nn(-c5ccccc5)cc4C=CP(=O)(OCC)OCC)cc3OC)c(C)o2)s1. The Morgan fingerprint density at radius 3 is 2.45 bits per heavy atom. The Morgan fingerprint density at radius 1 is 0.959 bits per heavy atom. The smallest absolute Gasteiger partial charge is 0.354 e. The molecule has 49 heavy (non-hydrogen) atoms. The van der Waals surface area contributed by atoms with Gasteiger partial charge in [-0.25, -0.2) is 14.5 Å². The van der Waals surface area contributed by atoms with Crippen LogP contribution in [0.15, 0.2) is 77.1 Å². The van der Waals surface area contributed by atoms with Crippen molar-refractivity contribution in [2.75, 3.05) is 26.9 Å². The van der Waals surface area contributed by atoms with Gasteiger partial charge >= 0.3 is 13.6 Å². The van der Waals surface area contributed by atoms with Crippen molar-refractivity contribution < 1.29 is 41.8 Å². The third kappa shape index (κ3) is 9.07. The van der Waals surface area contributed by atoms with Crippen molar-refractivity contribution in [3.05, 3.63) is 100 Å². The first kappa shape index (κ1) is 35.6. The Bertz CT molecular complexity index is 1920. The number of carbonyl (C=O) groups excluding carboxylic acids is 1. The highest BCUT2D eigenvalue weighted by molar-refractivity contribution is 7.57. The van der Waals surface area contributed by atoms with Gasteiger partial charge in [-0.3, -0.25) is 4.57 Å². The number of ether oxygens (including phenoxy) is 4. The van der Waals surface area contributed by atoms with E-state index in [0.29, 0.717) is 56.6 Å². The van der Waals surface area contributed by atoms with E-state index < -0.39 is 7.60 Å². The van der Waals surface area contributed by atoms with E-state index >= 15 is 0 Å². The minimum atomic E-state index is -3.44. The summed E-state index contributed by atoms with van der Waals surface area (Å²) in [7, 11) is -1.88. The van der Waals surface area contributed by atoms with Crippen LogP contribution in [0.25, 0.3) is 22.5 Å². The highest BCUT2D eigenvalue weighted by atomic mass is 32.1. The van der Waals surface area contributed by atoms with Crippen molar-refractivity contribution in [3.8, 4) is 33.8 Å². The standard InChI is InChI=1S/C35H38N3O9PS/c1-6-42-35(39)32-17-16-31(49-32)34-36-28(24(4)47-34)23-43-29-15-14-25(20-30(29)41-5)22-44-33-26(18-19-48(40,45-7-2)46-8-3)21-38(37-33)27-12-10-9-11-13-27/h9-21H,6-8,22-23H2,1-5H3. The first-order valence-corrected chi connectivity index (χ1v) is 18.1. The third-order valence-corrected chi connectivity index (χ3v) is 9.74. The molecule has 3 aromatic heterocycles. The van der Waals surface area contributed by atoms with Crippen LogP contribution in [0.4, 0.5) is 0 Å². The number of esters is 1.